The Balaban J connectivity index is 2.68. The fraction of sp³-hybridized carbons (Fsp3) is 0.455. The highest BCUT2D eigenvalue weighted by atomic mass is 35.5. The maximum atomic E-state index is 12.1. The van der Waals surface area contributed by atoms with Gasteiger partial charge in [0, 0.05) is 11.6 Å². The van der Waals surface area contributed by atoms with Crippen molar-refractivity contribution in [2.24, 2.45) is 0 Å². The van der Waals surface area contributed by atoms with Gasteiger partial charge in [0.2, 0.25) is 0 Å². The molecule has 0 spiro atoms. The Bertz CT molecular complexity index is 323. The predicted molar refractivity (Wildman–Crippen MR) is 60.1 cm³/mol. The first-order valence-electron chi connectivity index (χ1n) is 4.93. The van der Waals surface area contributed by atoms with Crippen LogP contribution >= 0.6 is 11.6 Å². The van der Waals surface area contributed by atoms with E-state index in [1.165, 1.54) is 0 Å². The number of ether oxygens (including phenoxy) is 1. The molecule has 0 saturated carbocycles. The van der Waals surface area contributed by atoms with E-state index < -0.39 is 19.1 Å². The summed E-state index contributed by atoms with van der Waals surface area (Å²) in [5.41, 5.74) is 0.794. The van der Waals surface area contributed by atoms with E-state index in [1.54, 1.807) is 31.3 Å². The van der Waals surface area contributed by atoms with Gasteiger partial charge in [0.05, 0.1) is 6.10 Å². The summed E-state index contributed by atoms with van der Waals surface area (Å²) in [6, 6.07) is 7.02. The van der Waals surface area contributed by atoms with Gasteiger partial charge in [-0.1, -0.05) is 23.7 Å². The Hall–Kier alpha value is -0.710. The summed E-state index contributed by atoms with van der Waals surface area (Å²) in [6.07, 6.45) is -2.86. The van der Waals surface area contributed by atoms with Gasteiger partial charge in [-0.3, -0.25) is 0 Å². The topological polar surface area (TPSA) is 21.3 Å². The number of rotatable bonds is 6. The summed E-state index contributed by atoms with van der Waals surface area (Å²) in [5, 5.41) is 3.47. The first-order chi connectivity index (χ1) is 7.63. The van der Waals surface area contributed by atoms with Crippen molar-refractivity contribution in [2.75, 3.05) is 20.2 Å². The van der Waals surface area contributed by atoms with E-state index in [-0.39, 0.29) is 0 Å². The Morgan fingerprint density at radius 1 is 1.44 bits per heavy atom. The number of nitrogens with one attached hydrogen (secondary N) is 1. The molecule has 0 saturated heterocycles. The summed E-state index contributed by atoms with van der Waals surface area (Å²) in [6.45, 7) is -0.105. The number of hydrogen-bond donors (Lipinski definition) is 1. The molecule has 5 heteroatoms. The Kier molecular flexibility index (Phi) is 5.66. The summed E-state index contributed by atoms with van der Waals surface area (Å²) < 4.78 is 29.2. The van der Waals surface area contributed by atoms with E-state index in [9.17, 15) is 8.78 Å². The van der Waals surface area contributed by atoms with Gasteiger partial charge in [0.25, 0.3) is 6.43 Å². The zero-order chi connectivity index (χ0) is 12.0. The molecular formula is C11H14ClF2NO. The van der Waals surface area contributed by atoms with Crippen LogP contribution in [-0.2, 0) is 4.74 Å². The molecule has 1 N–H and O–H groups in total. The second-order valence-electron chi connectivity index (χ2n) is 3.33. The normalized spacial score (nSPS) is 13.1. The van der Waals surface area contributed by atoms with Gasteiger partial charge < -0.3 is 10.1 Å². The van der Waals surface area contributed by atoms with Crippen molar-refractivity contribution in [2.45, 2.75) is 12.5 Å². The van der Waals surface area contributed by atoms with Crippen molar-refractivity contribution in [3.63, 3.8) is 0 Å². The molecule has 1 rings (SSSR count). The molecular weight excluding hydrogens is 236 g/mol. The molecule has 1 aromatic rings. The van der Waals surface area contributed by atoms with E-state index in [4.69, 9.17) is 16.3 Å². The van der Waals surface area contributed by atoms with Crippen LogP contribution in [0.5, 0.6) is 0 Å². The molecule has 0 amide bonds. The number of likely N-dealkylation sites (N-methyl/N-ethyl adjacent to an activating group) is 1. The highest BCUT2D eigenvalue weighted by Crippen LogP contribution is 2.20. The van der Waals surface area contributed by atoms with Gasteiger partial charge in [-0.25, -0.2) is 8.78 Å². The zero-order valence-corrected chi connectivity index (χ0v) is 9.68. The van der Waals surface area contributed by atoms with Crippen LogP contribution in [0.15, 0.2) is 24.3 Å². The maximum Gasteiger partial charge on any atom is 0.261 e. The van der Waals surface area contributed by atoms with Crippen LogP contribution in [0, 0.1) is 0 Å². The highest BCUT2D eigenvalue weighted by Gasteiger charge is 2.14. The molecule has 0 heterocycles. The van der Waals surface area contributed by atoms with E-state index in [2.05, 4.69) is 5.32 Å². The standard InChI is InChI=1S/C11H14ClF2NO/c1-15-6-10(16-7-11(13)14)8-3-2-4-9(12)5-8/h2-5,10-11,15H,6-7H2,1H3. The van der Waals surface area contributed by atoms with Crippen LogP contribution < -0.4 is 5.32 Å². The number of halogens is 3. The minimum atomic E-state index is -2.46. The molecule has 2 nitrogen and oxygen atoms in total. The Morgan fingerprint density at radius 2 is 2.19 bits per heavy atom. The molecule has 0 aliphatic carbocycles. The van der Waals surface area contributed by atoms with Gasteiger partial charge in [-0.05, 0) is 24.7 Å². The quantitative estimate of drug-likeness (QED) is 0.837. The molecule has 1 aromatic carbocycles. The highest BCUT2D eigenvalue weighted by molar-refractivity contribution is 6.30. The molecule has 16 heavy (non-hydrogen) atoms. The monoisotopic (exact) mass is 249 g/mol. The minimum absolute atomic E-state index is 0.405. The number of benzene rings is 1. The SMILES string of the molecule is CNCC(OCC(F)F)c1cccc(Cl)c1. The van der Waals surface area contributed by atoms with Gasteiger partial charge in [0.15, 0.2) is 0 Å². The summed E-state index contributed by atoms with van der Waals surface area (Å²) in [5.74, 6) is 0. The molecule has 1 unspecified atom stereocenters. The Morgan fingerprint density at radius 3 is 2.75 bits per heavy atom. The largest absolute Gasteiger partial charge is 0.366 e. The van der Waals surface area contributed by atoms with E-state index in [0.717, 1.165) is 5.56 Å². The molecule has 0 fully saturated rings. The van der Waals surface area contributed by atoms with Crippen molar-refractivity contribution >= 4 is 11.6 Å². The third-order valence-electron chi connectivity index (χ3n) is 2.03. The van der Waals surface area contributed by atoms with Crippen LogP contribution in [-0.4, -0.2) is 26.6 Å². The van der Waals surface area contributed by atoms with Crippen LogP contribution in [0.4, 0.5) is 8.78 Å². The molecule has 0 bridgehead atoms. The van der Waals surface area contributed by atoms with Crippen LogP contribution in [0.3, 0.4) is 0 Å². The van der Waals surface area contributed by atoms with Crippen LogP contribution in [0.25, 0.3) is 0 Å². The van der Waals surface area contributed by atoms with Crippen molar-refractivity contribution < 1.29 is 13.5 Å². The van der Waals surface area contributed by atoms with Crippen molar-refractivity contribution in [1.82, 2.24) is 5.32 Å². The molecule has 0 aromatic heterocycles. The third kappa shape index (κ3) is 4.43. The van der Waals surface area contributed by atoms with Crippen molar-refractivity contribution in [3.05, 3.63) is 34.9 Å². The lowest BCUT2D eigenvalue weighted by Gasteiger charge is -2.18. The second kappa shape index (κ2) is 6.78. The van der Waals surface area contributed by atoms with Crippen LogP contribution in [0.1, 0.15) is 11.7 Å². The summed E-state index contributed by atoms with van der Waals surface area (Å²) in [7, 11) is 1.74. The molecule has 90 valence electrons. The van der Waals surface area contributed by atoms with E-state index in [1.807, 2.05) is 0 Å². The number of hydrogen-bond acceptors (Lipinski definition) is 2. The lowest BCUT2D eigenvalue weighted by molar-refractivity contribution is -0.0240. The Labute approximate surface area is 98.6 Å². The van der Waals surface area contributed by atoms with Gasteiger partial charge in [-0.15, -0.1) is 0 Å². The van der Waals surface area contributed by atoms with Gasteiger partial charge in [0.1, 0.15) is 6.61 Å². The maximum absolute atomic E-state index is 12.1. The van der Waals surface area contributed by atoms with Gasteiger partial charge in [-0.2, -0.15) is 0 Å². The fourth-order valence-corrected chi connectivity index (χ4v) is 1.55. The van der Waals surface area contributed by atoms with E-state index >= 15 is 0 Å². The smallest absolute Gasteiger partial charge is 0.261 e. The van der Waals surface area contributed by atoms with Gasteiger partial charge >= 0.3 is 0 Å². The molecule has 0 radical (unpaired) electrons. The third-order valence-corrected chi connectivity index (χ3v) is 2.27. The summed E-state index contributed by atoms with van der Waals surface area (Å²) in [4.78, 5) is 0. The van der Waals surface area contributed by atoms with E-state index in [0.29, 0.717) is 11.6 Å². The summed E-state index contributed by atoms with van der Waals surface area (Å²) >= 11 is 5.83. The first kappa shape index (κ1) is 13.4. The fourth-order valence-electron chi connectivity index (χ4n) is 1.35. The lowest BCUT2D eigenvalue weighted by atomic mass is 10.1. The first-order valence-corrected chi connectivity index (χ1v) is 5.31. The molecule has 0 aliphatic rings. The average molecular weight is 250 g/mol. The average Bonchev–Trinajstić information content (AvgIpc) is 2.24. The van der Waals surface area contributed by atoms with Crippen molar-refractivity contribution in [1.29, 1.82) is 0 Å². The second-order valence-corrected chi connectivity index (χ2v) is 3.76. The lowest BCUT2D eigenvalue weighted by Crippen LogP contribution is -2.21. The predicted octanol–water partition coefficient (Wildman–Crippen LogP) is 2.88. The molecule has 1 atom stereocenters. The number of alkyl halides is 2. The minimum Gasteiger partial charge on any atom is -0.366 e. The van der Waals surface area contributed by atoms with Crippen LogP contribution in [0.2, 0.25) is 5.02 Å². The molecule has 0 aliphatic heterocycles. The zero-order valence-electron chi connectivity index (χ0n) is 8.92. The van der Waals surface area contributed by atoms with Crippen molar-refractivity contribution in [3.8, 4) is 0 Å².